The molecule has 0 saturated carbocycles. The average Bonchev–Trinajstić information content (AvgIpc) is 2.18. The summed E-state index contributed by atoms with van der Waals surface area (Å²) in [6, 6.07) is 10.4. The van der Waals surface area contributed by atoms with E-state index in [0.717, 1.165) is 17.8 Å². The third kappa shape index (κ3) is 1.61. The smallest absolute Gasteiger partial charge is 0.0708 e. The zero-order valence-electron chi connectivity index (χ0n) is 8.54. The van der Waals surface area contributed by atoms with E-state index in [2.05, 4.69) is 41.5 Å². The topological polar surface area (TPSA) is 24.9 Å². The van der Waals surface area contributed by atoms with Crippen LogP contribution in [0.25, 0.3) is 10.9 Å². The molecule has 0 fully saturated rings. The van der Waals surface area contributed by atoms with E-state index in [1.54, 1.807) is 0 Å². The first-order valence-corrected chi connectivity index (χ1v) is 4.81. The molecule has 1 aromatic heterocycles. The van der Waals surface area contributed by atoms with Crippen molar-refractivity contribution < 1.29 is 0 Å². The summed E-state index contributed by atoms with van der Waals surface area (Å²) in [5, 5.41) is 4.36. The number of para-hydroxylation sites is 1. The van der Waals surface area contributed by atoms with Crippen molar-refractivity contribution in [2.75, 3.05) is 7.05 Å². The molecule has 0 aliphatic rings. The van der Waals surface area contributed by atoms with Crippen LogP contribution in [-0.2, 0) is 6.54 Å². The molecule has 1 N–H and O–H groups in total. The standard InChI is InChI=1S/C12H14N2/c1-9-7-10(8-13-2)14-12-6-4-3-5-11(9)12/h3-7,13H,8H2,1-2H3. The van der Waals surface area contributed by atoms with Gasteiger partial charge < -0.3 is 5.32 Å². The molecule has 2 heteroatoms. The van der Waals surface area contributed by atoms with Crippen LogP contribution in [0.3, 0.4) is 0 Å². The fourth-order valence-corrected chi connectivity index (χ4v) is 1.69. The van der Waals surface area contributed by atoms with Gasteiger partial charge >= 0.3 is 0 Å². The predicted octanol–water partition coefficient (Wildman–Crippen LogP) is 2.26. The quantitative estimate of drug-likeness (QED) is 0.778. The third-order valence-electron chi connectivity index (χ3n) is 2.33. The molecular formula is C12H14N2. The number of hydrogen-bond donors (Lipinski definition) is 1. The molecule has 0 spiro atoms. The van der Waals surface area contributed by atoms with E-state index in [9.17, 15) is 0 Å². The van der Waals surface area contributed by atoms with Crippen molar-refractivity contribution in [1.82, 2.24) is 10.3 Å². The van der Waals surface area contributed by atoms with Crippen molar-refractivity contribution >= 4 is 10.9 Å². The lowest BCUT2D eigenvalue weighted by Gasteiger charge is -2.05. The van der Waals surface area contributed by atoms with E-state index in [0.29, 0.717) is 0 Å². The van der Waals surface area contributed by atoms with Crippen molar-refractivity contribution in [1.29, 1.82) is 0 Å². The molecule has 72 valence electrons. The summed E-state index contributed by atoms with van der Waals surface area (Å²) in [6.45, 7) is 2.95. The van der Waals surface area contributed by atoms with Gasteiger partial charge in [-0.25, -0.2) is 0 Å². The monoisotopic (exact) mass is 186 g/mol. The Morgan fingerprint density at radius 1 is 1.29 bits per heavy atom. The largest absolute Gasteiger partial charge is 0.314 e. The number of hydrogen-bond acceptors (Lipinski definition) is 2. The normalized spacial score (nSPS) is 10.7. The van der Waals surface area contributed by atoms with Crippen LogP contribution in [0.5, 0.6) is 0 Å². The molecule has 2 rings (SSSR count). The van der Waals surface area contributed by atoms with Crippen molar-refractivity contribution in [2.24, 2.45) is 0 Å². The second-order valence-electron chi connectivity index (χ2n) is 3.48. The van der Waals surface area contributed by atoms with Crippen LogP contribution in [0.1, 0.15) is 11.3 Å². The summed E-state index contributed by atoms with van der Waals surface area (Å²) >= 11 is 0. The molecule has 2 aromatic rings. The molecule has 0 radical (unpaired) electrons. The molecular weight excluding hydrogens is 172 g/mol. The first-order chi connectivity index (χ1) is 6.81. The van der Waals surface area contributed by atoms with Gasteiger partial charge in [-0.1, -0.05) is 18.2 Å². The van der Waals surface area contributed by atoms with Crippen LogP contribution in [0, 0.1) is 6.92 Å². The zero-order chi connectivity index (χ0) is 9.97. The number of nitrogens with zero attached hydrogens (tertiary/aromatic N) is 1. The molecule has 0 amide bonds. The molecule has 2 nitrogen and oxygen atoms in total. The summed E-state index contributed by atoms with van der Waals surface area (Å²) in [7, 11) is 1.94. The number of rotatable bonds is 2. The van der Waals surface area contributed by atoms with Crippen molar-refractivity contribution in [3.8, 4) is 0 Å². The molecule has 14 heavy (non-hydrogen) atoms. The van der Waals surface area contributed by atoms with E-state index >= 15 is 0 Å². The van der Waals surface area contributed by atoms with Gasteiger partial charge in [-0.2, -0.15) is 0 Å². The lowest BCUT2D eigenvalue weighted by atomic mass is 10.1. The molecule has 1 aromatic carbocycles. The van der Waals surface area contributed by atoms with Gasteiger partial charge in [0.15, 0.2) is 0 Å². The van der Waals surface area contributed by atoms with E-state index in [1.807, 2.05) is 13.1 Å². The van der Waals surface area contributed by atoms with Crippen LogP contribution < -0.4 is 5.32 Å². The van der Waals surface area contributed by atoms with Crippen LogP contribution in [0.15, 0.2) is 30.3 Å². The van der Waals surface area contributed by atoms with E-state index in [1.165, 1.54) is 10.9 Å². The molecule has 0 saturated heterocycles. The fourth-order valence-electron chi connectivity index (χ4n) is 1.69. The second-order valence-corrected chi connectivity index (χ2v) is 3.48. The highest BCUT2D eigenvalue weighted by molar-refractivity contribution is 5.81. The van der Waals surface area contributed by atoms with Gasteiger partial charge in [-0.15, -0.1) is 0 Å². The van der Waals surface area contributed by atoms with Gasteiger partial charge in [-0.3, -0.25) is 4.98 Å². The maximum Gasteiger partial charge on any atom is 0.0708 e. The van der Waals surface area contributed by atoms with E-state index in [4.69, 9.17) is 0 Å². The molecule has 0 aliphatic heterocycles. The predicted molar refractivity (Wildman–Crippen MR) is 59.2 cm³/mol. The Balaban J connectivity index is 2.60. The van der Waals surface area contributed by atoms with E-state index in [-0.39, 0.29) is 0 Å². The maximum atomic E-state index is 4.56. The first kappa shape index (κ1) is 9.16. The highest BCUT2D eigenvalue weighted by Gasteiger charge is 2.00. The second kappa shape index (κ2) is 3.76. The summed E-state index contributed by atoms with van der Waals surface area (Å²) in [6.07, 6.45) is 0. The maximum absolute atomic E-state index is 4.56. The van der Waals surface area contributed by atoms with Crippen LogP contribution in [0.4, 0.5) is 0 Å². The number of pyridine rings is 1. The lowest BCUT2D eigenvalue weighted by molar-refractivity contribution is 0.794. The SMILES string of the molecule is CNCc1cc(C)c2ccccc2n1. The Morgan fingerprint density at radius 2 is 2.07 bits per heavy atom. The first-order valence-electron chi connectivity index (χ1n) is 4.81. The number of nitrogens with one attached hydrogen (secondary N) is 1. The number of aromatic nitrogens is 1. The van der Waals surface area contributed by atoms with Gasteiger partial charge in [0.1, 0.15) is 0 Å². The van der Waals surface area contributed by atoms with Crippen LogP contribution in [0.2, 0.25) is 0 Å². The number of aryl methyl sites for hydroxylation is 1. The summed E-state index contributed by atoms with van der Waals surface area (Å²) in [5.74, 6) is 0. The Kier molecular flexibility index (Phi) is 2.46. The van der Waals surface area contributed by atoms with Crippen molar-refractivity contribution in [3.63, 3.8) is 0 Å². The summed E-state index contributed by atoms with van der Waals surface area (Å²) in [5.41, 5.74) is 3.47. The van der Waals surface area contributed by atoms with Gasteiger partial charge in [0.25, 0.3) is 0 Å². The van der Waals surface area contributed by atoms with Gasteiger partial charge in [0.05, 0.1) is 11.2 Å². The van der Waals surface area contributed by atoms with Gasteiger partial charge in [0.2, 0.25) is 0 Å². The van der Waals surface area contributed by atoms with Crippen molar-refractivity contribution in [3.05, 3.63) is 41.6 Å². The Bertz CT molecular complexity index is 449. The Morgan fingerprint density at radius 3 is 2.86 bits per heavy atom. The van der Waals surface area contributed by atoms with Crippen molar-refractivity contribution in [2.45, 2.75) is 13.5 Å². The summed E-state index contributed by atoms with van der Waals surface area (Å²) in [4.78, 5) is 4.56. The fraction of sp³-hybridized carbons (Fsp3) is 0.250. The minimum atomic E-state index is 0.825. The van der Waals surface area contributed by atoms with E-state index < -0.39 is 0 Å². The molecule has 0 bridgehead atoms. The van der Waals surface area contributed by atoms with Gasteiger partial charge in [-0.05, 0) is 31.7 Å². The molecule has 0 unspecified atom stereocenters. The van der Waals surface area contributed by atoms with Crippen LogP contribution >= 0.6 is 0 Å². The Hall–Kier alpha value is -1.41. The number of fused-ring (bicyclic) bond motifs is 1. The minimum Gasteiger partial charge on any atom is -0.314 e. The lowest BCUT2D eigenvalue weighted by Crippen LogP contribution is -2.07. The Labute approximate surface area is 84.0 Å². The van der Waals surface area contributed by atoms with Crippen LogP contribution in [-0.4, -0.2) is 12.0 Å². The minimum absolute atomic E-state index is 0.825. The molecule has 0 aliphatic carbocycles. The molecule has 0 atom stereocenters. The average molecular weight is 186 g/mol. The highest BCUT2D eigenvalue weighted by Crippen LogP contribution is 2.16. The molecule has 1 heterocycles. The summed E-state index contributed by atoms with van der Waals surface area (Å²) < 4.78 is 0. The highest BCUT2D eigenvalue weighted by atomic mass is 14.8. The van der Waals surface area contributed by atoms with Gasteiger partial charge in [0, 0.05) is 11.9 Å². The number of benzene rings is 1. The zero-order valence-corrected chi connectivity index (χ0v) is 8.54. The third-order valence-corrected chi connectivity index (χ3v) is 2.33.